The molecule has 7 heteroatoms. The molecule has 3 rings (SSSR count). The van der Waals surface area contributed by atoms with Gasteiger partial charge in [0.15, 0.2) is 0 Å². The second-order valence-corrected chi connectivity index (χ2v) is 5.35. The topological polar surface area (TPSA) is 88.6 Å². The molecule has 7 nitrogen and oxygen atoms in total. The largest absolute Gasteiger partial charge is 0.493 e. The van der Waals surface area contributed by atoms with Gasteiger partial charge in [-0.3, -0.25) is 24.3 Å². The molecule has 0 saturated heterocycles. The summed E-state index contributed by atoms with van der Waals surface area (Å²) in [7, 11) is 0. The fourth-order valence-corrected chi connectivity index (χ4v) is 2.63. The molecule has 0 fully saturated rings. The minimum Gasteiger partial charge on any atom is -0.493 e. The Kier molecular flexibility index (Phi) is 4.74. The summed E-state index contributed by atoms with van der Waals surface area (Å²) in [6.07, 6.45) is 1.47. The Balaban J connectivity index is 1.62. The SMILES string of the molecule is CCOc1ccccc1C(=O)NCCN1C(=O)c2cccnc2C1=O. The lowest BCUT2D eigenvalue weighted by Gasteiger charge is -2.15. The molecular formula is C18H17N3O4. The number of carbonyl (C=O) groups is 3. The summed E-state index contributed by atoms with van der Waals surface area (Å²) >= 11 is 0. The molecule has 25 heavy (non-hydrogen) atoms. The third-order valence-corrected chi connectivity index (χ3v) is 3.78. The molecule has 0 saturated carbocycles. The Morgan fingerprint density at radius 2 is 1.96 bits per heavy atom. The average Bonchev–Trinajstić information content (AvgIpc) is 2.87. The molecule has 0 radical (unpaired) electrons. The van der Waals surface area contributed by atoms with Gasteiger partial charge in [0, 0.05) is 19.3 Å². The maximum absolute atomic E-state index is 12.3. The first-order valence-electron chi connectivity index (χ1n) is 7.94. The zero-order valence-electron chi connectivity index (χ0n) is 13.7. The van der Waals surface area contributed by atoms with Crippen molar-refractivity contribution in [1.82, 2.24) is 15.2 Å². The van der Waals surface area contributed by atoms with Crippen LogP contribution in [0.3, 0.4) is 0 Å². The van der Waals surface area contributed by atoms with Crippen molar-refractivity contribution in [3.05, 3.63) is 59.4 Å². The number of imide groups is 1. The second-order valence-electron chi connectivity index (χ2n) is 5.35. The maximum Gasteiger partial charge on any atom is 0.280 e. The van der Waals surface area contributed by atoms with Crippen LogP contribution in [0, 0.1) is 0 Å². The molecule has 0 unspecified atom stereocenters. The average molecular weight is 339 g/mol. The first-order valence-corrected chi connectivity index (χ1v) is 7.94. The molecule has 128 valence electrons. The number of carbonyl (C=O) groups excluding carboxylic acids is 3. The smallest absolute Gasteiger partial charge is 0.280 e. The Morgan fingerprint density at radius 3 is 2.72 bits per heavy atom. The molecule has 2 heterocycles. The molecule has 1 aromatic heterocycles. The zero-order chi connectivity index (χ0) is 17.8. The van der Waals surface area contributed by atoms with Crippen LogP contribution in [0.25, 0.3) is 0 Å². The van der Waals surface area contributed by atoms with Gasteiger partial charge >= 0.3 is 0 Å². The number of pyridine rings is 1. The number of ether oxygens (including phenoxy) is 1. The van der Waals surface area contributed by atoms with Gasteiger partial charge in [0.05, 0.1) is 17.7 Å². The first kappa shape index (κ1) is 16.6. The van der Waals surface area contributed by atoms with Crippen molar-refractivity contribution in [2.24, 2.45) is 0 Å². The number of rotatable bonds is 6. The number of benzene rings is 1. The number of nitrogens with one attached hydrogen (secondary N) is 1. The van der Waals surface area contributed by atoms with Crippen molar-refractivity contribution >= 4 is 17.7 Å². The molecular weight excluding hydrogens is 322 g/mol. The predicted octanol–water partition coefficient (Wildman–Crippen LogP) is 1.51. The predicted molar refractivity (Wildman–Crippen MR) is 89.5 cm³/mol. The number of hydrogen-bond acceptors (Lipinski definition) is 5. The third-order valence-electron chi connectivity index (χ3n) is 3.78. The molecule has 3 amide bonds. The van der Waals surface area contributed by atoms with Crippen LogP contribution in [0.15, 0.2) is 42.6 Å². The molecule has 1 N–H and O–H groups in total. The minimum atomic E-state index is -0.440. The molecule has 0 spiro atoms. The van der Waals surface area contributed by atoms with Crippen LogP contribution in [-0.4, -0.2) is 47.3 Å². The van der Waals surface area contributed by atoms with Crippen LogP contribution in [-0.2, 0) is 0 Å². The van der Waals surface area contributed by atoms with Crippen LogP contribution in [0.5, 0.6) is 5.75 Å². The molecule has 1 aliphatic rings. The van der Waals surface area contributed by atoms with Crippen molar-refractivity contribution in [2.45, 2.75) is 6.92 Å². The third kappa shape index (κ3) is 3.21. The van der Waals surface area contributed by atoms with E-state index in [4.69, 9.17) is 4.74 Å². The summed E-state index contributed by atoms with van der Waals surface area (Å²) in [5.74, 6) is -0.659. The number of aromatic nitrogens is 1. The lowest BCUT2D eigenvalue weighted by molar-refractivity contribution is 0.0648. The van der Waals surface area contributed by atoms with Crippen LogP contribution in [0.2, 0.25) is 0 Å². The van der Waals surface area contributed by atoms with Crippen LogP contribution in [0.1, 0.15) is 38.1 Å². The Bertz CT molecular complexity index is 800. The van der Waals surface area contributed by atoms with Crippen molar-refractivity contribution in [3.8, 4) is 5.75 Å². The van der Waals surface area contributed by atoms with Gasteiger partial charge in [-0.25, -0.2) is 0 Å². The molecule has 1 aliphatic heterocycles. The molecule has 0 bridgehead atoms. The second kappa shape index (κ2) is 7.12. The fraction of sp³-hybridized carbons (Fsp3) is 0.222. The number of hydrogen-bond donors (Lipinski definition) is 1. The van der Waals surface area contributed by atoms with E-state index < -0.39 is 11.8 Å². The summed E-state index contributed by atoms with van der Waals surface area (Å²) in [6, 6.07) is 10.1. The summed E-state index contributed by atoms with van der Waals surface area (Å²) in [5.41, 5.74) is 0.856. The van der Waals surface area contributed by atoms with E-state index in [1.807, 2.05) is 6.92 Å². The Morgan fingerprint density at radius 1 is 1.16 bits per heavy atom. The molecule has 1 aromatic carbocycles. The van der Waals surface area contributed by atoms with Gasteiger partial charge in [-0.05, 0) is 31.2 Å². The standard InChI is InChI=1S/C18H17N3O4/c1-2-25-14-8-4-3-6-12(14)16(22)20-10-11-21-17(23)13-7-5-9-19-15(13)18(21)24/h3-9H,2,10-11H2,1H3,(H,20,22). The maximum atomic E-state index is 12.3. The summed E-state index contributed by atoms with van der Waals surface area (Å²) in [4.78, 5) is 41.8. The number of amides is 3. The van der Waals surface area contributed by atoms with Gasteiger partial charge in [-0.1, -0.05) is 12.1 Å². The lowest BCUT2D eigenvalue weighted by atomic mass is 10.2. The van der Waals surface area contributed by atoms with E-state index in [1.165, 1.54) is 6.20 Å². The Hall–Kier alpha value is -3.22. The first-order chi connectivity index (χ1) is 12.1. The lowest BCUT2D eigenvalue weighted by Crippen LogP contribution is -2.38. The highest BCUT2D eigenvalue weighted by Gasteiger charge is 2.36. The van der Waals surface area contributed by atoms with E-state index in [0.717, 1.165) is 4.90 Å². The zero-order valence-corrected chi connectivity index (χ0v) is 13.7. The van der Waals surface area contributed by atoms with E-state index in [0.29, 0.717) is 23.5 Å². The normalized spacial score (nSPS) is 12.9. The van der Waals surface area contributed by atoms with Gasteiger partial charge < -0.3 is 10.1 Å². The highest BCUT2D eigenvalue weighted by atomic mass is 16.5. The van der Waals surface area contributed by atoms with Gasteiger partial charge in [0.1, 0.15) is 11.4 Å². The number of nitrogens with zero attached hydrogens (tertiary/aromatic N) is 2. The van der Waals surface area contributed by atoms with Crippen molar-refractivity contribution in [2.75, 3.05) is 19.7 Å². The fourth-order valence-electron chi connectivity index (χ4n) is 2.63. The quantitative estimate of drug-likeness (QED) is 0.806. The summed E-state index contributed by atoms with van der Waals surface area (Å²) in [6.45, 7) is 2.51. The van der Waals surface area contributed by atoms with Crippen LogP contribution in [0.4, 0.5) is 0 Å². The van der Waals surface area contributed by atoms with Gasteiger partial charge in [0.25, 0.3) is 17.7 Å². The molecule has 0 aliphatic carbocycles. The summed E-state index contributed by atoms with van der Waals surface area (Å²) < 4.78 is 5.43. The van der Waals surface area contributed by atoms with Crippen molar-refractivity contribution in [3.63, 3.8) is 0 Å². The summed E-state index contributed by atoms with van der Waals surface area (Å²) in [5, 5.41) is 2.71. The minimum absolute atomic E-state index is 0.0799. The van der Waals surface area contributed by atoms with Crippen LogP contribution < -0.4 is 10.1 Å². The van der Waals surface area contributed by atoms with E-state index in [-0.39, 0.29) is 24.7 Å². The van der Waals surface area contributed by atoms with Gasteiger partial charge in [0.2, 0.25) is 0 Å². The van der Waals surface area contributed by atoms with Gasteiger partial charge in [-0.15, -0.1) is 0 Å². The monoisotopic (exact) mass is 339 g/mol. The van der Waals surface area contributed by atoms with Gasteiger partial charge in [-0.2, -0.15) is 0 Å². The molecule has 0 atom stereocenters. The Labute approximate surface area is 144 Å². The van der Waals surface area contributed by atoms with E-state index in [2.05, 4.69) is 10.3 Å². The number of fused-ring (bicyclic) bond motifs is 1. The highest BCUT2D eigenvalue weighted by Crippen LogP contribution is 2.20. The van der Waals surface area contributed by atoms with E-state index >= 15 is 0 Å². The number of para-hydroxylation sites is 1. The van der Waals surface area contributed by atoms with E-state index in [9.17, 15) is 14.4 Å². The van der Waals surface area contributed by atoms with Crippen molar-refractivity contribution < 1.29 is 19.1 Å². The highest BCUT2D eigenvalue weighted by molar-refractivity contribution is 6.20. The molecule has 2 aromatic rings. The van der Waals surface area contributed by atoms with Crippen molar-refractivity contribution in [1.29, 1.82) is 0 Å². The van der Waals surface area contributed by atoms with Crippen LogP contribution >= 0.6 is 0 Å². The van der Waals surface area contributed by atoms with E-state index in [1.54, 1.807) is 36.4 Å².